The van der Waals surface area contributed by atoms with Crippen LogP contribution in [0.2, 0.25) is 5.02 Å². The summed E-state index contributed by atoms with van der Waals surface area (Å²) >= 11 is 6.09. The second-order valence-electron chi connectivity index (χ2n) is 3.46. The van der Waals surface area contributed by atoms with Crippen LogP contribution in [0.3, 0.4) is 0 Å². The molecular formula is C15H18ClNO. The van der Waals surface area contributed by atoms with E-state index in [1.54, 1.807) is 25.1 Å². The van der Waals surface area contributed by atoms with E-state index in [1.807, 2.05) is 26.8 Å². The zero-order chi connectivity index (χ0) is 14.3. The van der Waals surface area contributed by atoms with Gasteiger partial charge in [-0.1, -0.05) is 38.1 Å². The van der Waals surface area contributed by atoms with Crippen LogP contribution in [-0.4, -0.2) is 5.11 Å². The van der Waals surface area contributed by atoms with Crippen molar-refractivity contribution in [2.75, 3.05) is 0 Å². The number of aliphatic hydroxyl groups excluding tert-OH is 1. The van der Waals surface area contributed by atoms with E-state index >= 15 is 0 Å². The van der Waals surface area contributed by atoms with Gasteiger partial charge in [0.05, 0.1) is 22.4 Å². The summed E-state index contributed by atoms with van der Waals surface area (Å²) in [6, 6.07) is 5.34. The van der Waals surface area contributed by atoms with E-state index < -0.39 is 0 Å². The van der Waals surface area contributed by atoms with Gasteiger partial charge in [0.2, 0.25) is 0 Å². The van der Waals surface area contributed by atoms with Crippen LogP contribution in [0.15, 0.2) is 30.5 Å². The molecule has 0 bridgehead atoms. The molecule has 0 heterocycles. The summed E-state index contributed by atoms with van der Waals surface area (Å²) in [6.07, 6.45) is 1.55. The standard InChI is InChI=1S/C13H12ClNO.C2H6/c1-4-11(9(3)16)13-8(2)5-10(7-15)6-12(13)14;1-2/h4-6,16H,1H2,2-3H3;1-2H3/b11-9-;. The monoisotopic (exact) mass is 263 g/mol. The van der Waals surface area contributed by atoms with Crippen LogP contribution in [0.5, 0.6) is 0 Å². The second kappa shape index (κ2) is 7.58. The van der Waals surface area contributed by atoms with E-state index in [-0.39, 0.29) is 5.76 Å². The Morgan fingerprint density at radius 2 is 2.00 bits per heavy atom. The third kappa shape index (κ3) is 3.65. The first-order valence-corrected chi connectivity index (χ1v) is 6.12. The molecule has 1 aromatic carbocycles. The van der Waals surface area contributed by atoms with Crippen LogP contribution < -0.4 is 0 Å². The molecule has 0 aliphatic carbocycles. The lowest BCUT2D eigenvalue weighted by Gasteiger charge is -2.10. The van der Waals surface area contributed by atoms with Crippen molar-refractivity contribution in [3.63, 3.8) is 0 Å². The molecule has 0 saturated carbocycles. The maximum Gasteiger partial charge on any atom is 0.0992 e. The fraction of sp³-hybridized carbons (Fsp3) is 0.267. The average Bonchev–Trinajstić information content (AvgIpc) is 2.35. The van der Waals surface area contributed by atoms with Gasteiger partial charge in [-0.05, 0) is 31.5 Å². The van der Waals surface area contributed by atoms with E-state index in [0.29, 0.717) is 16.2 Å². The van der Waals surface area contributed by atoms with Gasteiger partial charge >= 0.3 is 0 Å². The normalized spacial score (nSPS) is 10.7. The van der Waals surface area contributed by atoms with Gasteiger partial charge < -0.3 is 5.11 Å². The molecule has 1 rings (SSSR count). The van der Waals surface area contributed by atoms with Crippen molar-refractivity contribution >= 4 is 17.2 Å². The molecule has 0 aliphatic heterocycles. The van der Waals surface area contributed by atoms with E-state index in [9.17, 15) is 5.11 Å². The number of aryl methyl sites for hydroxylation is 1. The molecule has 3 heteroatoms. The predicted octanol–water partition coefficient (Wildman–Crippen LogP) is 5.02. The lowest BCUT2D eigenvalue weighted by molar-refractivity contribution is 0.417. The molecule has 0 amide bonds. The smallest absolute Gasteiger partial charge is 0.0992 e. The summed E-state index contributed by atoms with van der Waals surface area (Å²) in [5.41, 5.74) is 2.65. The fourth-order valence-electron chi connectivity index (χ4n) is 1.58. The lowest BCUT2D eigenvalue weighted by Crippen LogP contribution is -1.93. The molecule has 0 saturated heterocycles. The van der Waals surface area contributed by atoms with Gasteiger partial charge in [-0.2, -0.15) is 5.26 Å². The predicted molar refractivity (Wildman–Crippen MR) is 77.7 cm³/mol. The number of allylic oxidation sites excluding steroid dienone is 3. The van der Waals surface area contributed by atoms with E-state index in [0.717, 1.165) is 11.1 Å². The zero-order valence-corrected chi connectivity index (χ0v) is 12.0. The first kappa shape index (κ1) is 16.3. The number of halogens is 1. The van der Waals surface area contributed by atoms with Crippen LogP contribution in [-0.2, 0) is 0 Å². The van der Waals surface area contributed by atoms with E-state index in [2.05, 4.69) is 6.58 Å². The minimum Gasteiger partial charge on any atom is -0.512 e. The molecule has 0 aliphatic rings. The Hall–Kier alpha value is -1.72. The lowest BCUT2D eigenvalue weighted by atomic mass is 9.97. The Morgan fingerprint density at radius 3 is 2.33 bits per heavy atom. The first-order valence-electron chi connectivity index (χ1n) is 5.74. The number of hydrogen-bond donors (Lipinski definition) is 1. The van der Waals surface area contributed by atoms with Crippen LogP contribution in [0.4, 0.5) is 0 Å². The Morgan fingerprint density at radius 1 is 1.44 bits per heavy atom. The molecule has 96 valence electrons. The molecule has 0 aromatic heterocycles. The molecule has 0 atom stereocenters. The zero-order valence-electron chi connectivity index (χ0n) is 11.2. The van der Waals surface area contributed by atoms with Crippen LogP contribution >= 0.6 is 11.6 Å². The highest BCUT2D eigenvalue weighted by Gasteiger charge is 2.11. The molecule has 1 aromatic rings. The summed E-state index contributed by atoms with van der Waals surface area (Å²) in [5.74, 6) is 0.157. The Balaban J connectivity index is 0.00000137. The number of benzene rings is 1. The molecule has 0 radical (unpaired) electrons. The van der Waals surface area contributed by atoms with Gasteiger partial charge in [-0.15, -0.1) is 0 Å². The summed E-state index contributed by atoms with van der Waals surface area (Å²) in [7, 11) is 0. The summed E-state index contributed by atoms with van der Waals surface area (Å²) in [4.78, 5) is 0. The number of nitriles is 1. The van der Waals surface area contributed by atoms with Crippen LogP contribution in [0.25, 0.3) is 5.57 Å². The highest BCUT2D eigenvalue weighted by molar-refractivity contribution is 6.32. The van der Waals surface area contributed by atoms with Crippen molar-refractivity contribution in [2.24, 2.45) is 0 Å². The van der Waals surface area contributed by atoms with Crippen LogP contribution in [0.1, 0.15) is 37.5 Å². The molecule has 2 nitrogen and oxygen atoms in total. The first-order chi connectivity index (χ1) is 8.51. The quantitative estimate of drug-likeness (QED) is 0.601. The number of aliphatic hydroxyl groups is 1. The van der Waals surface area contributed by atoms with Crippen LogP contribution in [0, 0.1) is 18.3 Å². The van der Waals surface area contributed by atoms with Gasteiger partial charge in [-0.3, -0.25) is 0 Å². The van der Waals surface area contributed by atoms with Gasteiger partial charge in [0, 0.05) is 11.1 Å². The van der Waals surface area contributed by atoms with Crippen molar-refractivity contribution in [3.05, 3.63) is 52.3 Å². The van der Waals surface area contributed by atoms with Gasteiger partial charge in [0.25, 0.3) is 0 Å². The largest absolute Gasteiger partial charge is 0.512 e. The summed E-state index contributed by atoms with van der Waals surface area (Å²) in [6.45, 7) is 11.1. The highest BCUT2D eigenvalue weighted by Crippen LogP contribution is 2.30. The maximum atomic E-state index is 9.53. The summed E-state index contributed by atoms with van der Waals surface area (Å²) in [5, 5.41) is 18.8. The minimum absolute atomic E-state index is 0.157. The van der Waals surface area contributed by atoms with Crippen molar-refractivity contribution in [1.82, 2.24) is 0 Å². The van der Waals surface area contributed by atoms with Gasteiger partial charge in [0.1, 0.15) is 0 Å². The number of rotatable bonds is 2. The number of hydrogen-bond acceptors (Lipinski definition) is 2. The minimum atomic E-state index is 0.157. The molecule has 1 N–H and O–H groups in total. The highest BCUT2D eigenvalue weighted by atomic mass is 35.5. The average molecular weight is 264 g/mol. The summed E-state index contributed by atoms with van der Waals surface area (Å²) < 4.78 is 0. The molecule has 0 fully saturated rings. The maximum absolute atomic E-state index is 9.53. The third-order valence-corrected chi connectivity index (χ3v) is 2.58. The number of nitrogens with zero attached hydrogens (tertiary/aromatic N) is 1. The third-order valence-electron chi connectivity index (χ3n) is 2.28. The van der Waals surface area contributed by atoms with Gasteiger partial charge in [-0.25, -0.2) is 0 Å². The van der Waals surface area contributed by atoms with Crippen molar-refractivity contribution in [1.29, 1.82) is 5.26 Å². The van der Waals surface area contributed by atoms with E-state index in [1.165, 1.54) is 0 Å². The Bertz CT molecular complexity index is 483. The van der Waals surface area contributed by atoms with Crippen molar-refractivity contribution in [3.8, 4) is 6.07 Å². The SMILES string of the molecule is C=C/C(=C(\C)O)c1c(C)cc(C#N)cc1Cl.CC. The Labute approximate surface area is 114 Å². The Kier molecular flexibility index (Phi) is 6.85. The fourth-order valence-corrected chi connectivity index (χ4v) is 1.95. The second-order valence-corrected chi connectivity index (χ2v) is 3.87. The van der Waals surface area contributed by atoms with Gasteiger partial charge in [0.15, 0.2) is 0 Å². The van der Waals surface area contributed by atoms with Crippen molar-refractivity contribution in [2.45, 2.75) is 27.7 Å². The molecule has 18 heavy (non-hydrogen) atoms. The van der Waals surface area contributed by atoms with E-state index in [4.69, 9.17) is 16.9 Å². The molecular weight excluding hydrogens is 246 g/mol. The van der Waals surface area contributed by atoms with Crippen molar-refractivity contribution < 1.29 is 5.11 Å². The molecule has 0 spiro atoms. The molecule has 0 unspecified atom stereocenters. The topological polar surface area (TPSA) is 44.0 Å².